The monoisotopic (exact) mass is 203 g/mol. The third-order valence-corrected chi connectivity index (χ3v) is 1.92. The van der Waals surface area contributed by atoms with Crippen LogP contribution in [-0.2, 0) is 6.61 Å². The molecule has 1 aromatic carbocycles. The van der Waals surface area contributed by atoms with E-state index in [2.05, 4.69) is 9.68 Å². The molecule has 15 heavy (non-hydrogen) atoms. The van der Waals surface area contributed by atoms with E-state index in [1.54, 1.807) is 24.4 Å². The largest absolute Gasteiger partial charge is 0.488 e. The molecule has 0 aliphatic rings. The van der Waals surface area contributed by atoms with Gasteiger partial charge in [0, 0.05) is 5.56 Å². The summed E-state index contributed by atoms with van der Waals surface area (Å²) in [6.07, 6.45) is 3.84. The lowest BCUT2D eigenvalue weighted by molar-refractivity contribution is 0.111. The average molecular weight is 203 g/mol. The van der Waals surface area contributed by atoms with Crippen LogP contribution in [0.15, 0.2) is 41.2 Å². The van der Waals surface area contributed by atoms with Crippen LogP contribution < -0.4 is 4.74 Å². The number of nitrogens with zero attached hydrogens (tertiary/aromatic N) is 1. The molecule has 0 aliphatic heterocycles. The molecule has 0 saturated carbocycles. The van der Waals surface area contributed by atoms with E-state index < -0.39 is 0 Å². The number of aldehydes is 1. The Morgan fingerprint density at radius 3 is 3.00 bits per heavy atom. The fourth-order valence-electron chi connectivity index (χ4n) is 1.17. The van der Waals surface area contributed by atoms with Crippen molar-refractivity contribution in [2.24, 2.45) is 0 Å². The lowest BCUT2D eigenvalue weighted by Crippen LogP contribution is -1.96. The number of aromatic nitrogens is 1. The normalized spacial score (nSPS) is 9.87. The molecule has 0 saturated heterocycles. The molecule has 0 radical (unpaired) electrons. The summed E-state index contributed by atoms with van der Waals surface area (Å²) < 4.78 is 10.1. The van der Waals surface area contributed by atoms with Crippen LogP contribution in [0.2, 0.25) is 0 Å². The predicted molar refractivity (Wildman–Crippen MR) is 52.7 cm³/mol. The molecule has 4 nitrogen and oxygen atoms in total. The van der Waals surface area contributed by atoms with Crippen molar-refractivity contribution in [3.63, 3.8) is 0 Å². The van der Waals surface area contributed by atoms with Crippen molar-refractivity contribution in [1.29, 1.82) is 0 Å². The highest BCUT2D eigenvalue weighted by atomic mass is 16.5. The number of hydrogen-bond acceptors (Lipinski definition) is 4. The average Bonchev–Trinajstić information content (AvgIpc) is 2.79. The maximum atomic E-state index is 10.7. The highest BCUT2D eigenvalue weighted by Crippen LogP contribution is 2.17. The molecule has 76 valence electrons. The van der Waals surface area contributed by atoms with Gasteiger partial charge in [0.25, 0.3) is 0 Å². The molecule has 0 atom stereocenters. The number of carbonyl (C=O) groups excluding carboxylic acids is 1. The van der Waals surface area contributed by atoms with E-state index in [0.29, 0.717) is 17.9 Å². The third-order valence-electron chi connectivity index (χ3n) is 1.92. The predicted octanol–water partition coefficient (Wildman–Crippen LogP) is 2.07. The minimum absolute atomic E-state index is 0.342. The molecule has 0 bridgehead atoms. The number of benzene rings is 1. The summed E-state index contributed by atoms with van der Waals surface area (Å²) in [7, 11) is 0. The van der Waals surface area contributed by atoms with E-state index in [0.717, 1.165) is 11.8 Å². The molecule has 0 fully saturated rings. The highest BCUT2D eigenvalue weighted by molar-refractivity contribution is 5.79. The quantitative estimate of drug-likeness (QED) is 0.714. The summed E-state index contributed by atoms with van der Waals surface area (Å²) in [5, 5.41) is 3.55. The fraction of sp³-hybridized carbons (Fsp3) is 0.0909. The zero-order valence-electron chi connectivity index (χ0n) is 7.92. The summed E-state index contributed by atoms with van der Waals surface area (Å²) in [4.78, 5) is 10.7. The Morgan fingerprint density at radius 1 is 1.40 bits per heavy atom. The van der Waals surface area contributed by atoms with Gasteiger partial charge in [0.2, 0.25) is 0 Å². The third kappa shape index (κ3) is 2.22. The van der Waals surface area contributed by atoms with Crippen LogP contribution in [0.3, 0.4) is 0 Å². The van der Waals surface area contributed by atoms with E-state index in [-0.39, 0.29) is 0 Å². The molecule has 0 aliphatic carbocycles. The van der Waals surface area contributed by atoms with Gasteiger partial charge >= 0.3 is 0 Å². The Bertz CT molecular complexity index is 437. The van der Waals surface area contributed by atoms with Crippen molar-refractivity contribution in [1.82, 2.24) is 5.16 Å². The minimum atomic E-state index is 0.342. The molecule has 2 rings (SSSR count). The van der Waals surface area contributed by atoms with Crippen LogP contribution in [0.1, 0.15) is 15.9 Å². The van der Waals surface area contributed by atoms with Crippen molar-refractivity contribution in [3.8, 4) is 5.75 Å². The van der Waals surface area contributed by atoms with E-state index in [1.165, 1.54) is 6.26 Å². The molecular weight excluding hydrogens is 194 g/mol. The number of rotatable bonds is 4. The van der Waals surface area contributed by atoms with Gasteiger partial charge < -0.3 is 9.26 Å². The van der Waals surface area contributed by atoms with E-state index in [9.17, 15) is 4.79 Å². The van der Waals surface area contributed by atoms with Gasteiger partial charge in [-0.3, -0.25) is 4.79 Å². The minimum Gasteiger partial charge on any atom is -0.488 e. The van der Waals surface area contributed by atoms with Crippen molar-refractivity contribution in [3.05, 3.63) is 47.9 Å². The van der Waals surface area contributed by atoms with E-state index in [4.69, 9.17) is 4.74 Å². The number of para-hydroxylation sites is 1. The summed E-state index contributed by atoms with van der Waals surface area (Å²) in [5.74, 6) is 0.564. The first-order valence-corrected chi connectivity index (χ1v) is 4.45. The van der Waals surface area contributed by atoms with Gasteiger partial charge in [0.05, 0.1) is 11.8 Å². The molecule has 2 aromatic rings. The van der Waals surface area contributed by atoms with Crippen LogP contribution in [0.25, 0.3) is 0 Å². The molecule has 0 N–H and O–H groups in total. The van der Waals surface area contributed by atoms with Crippen molar-refractivity contribution in [2.45, 2.75) is 6.61 Å². The molecule has 0 amide bonds. The highest BCUT2D eigenvalue weighted by Gasteiger charge is 2.02. The SMILES string of the molecule is O=Cc1ccccc1OCc1cnoc1. The van der Waals surface area contributed by atoms with Gasteiger partial charge in [-0.1, -0.05) is 17.3 Å². The Hall–Kier alpha value is -2.10. The lowest BCUT2D eigenvalue weighted by Gasteiger charge is -2.05. The smallest absolute Gasteiger partial charge is 0.153 e. The summed E-state index contributed by atoms with van der Waals surface area (Å²) in [6, 6.07) is 7.05. The zero-order chi connectivity index (χ0) is 10.5. The van der Waals surface area contributed by atoms with Gasteiger partial charge in [0.1, 0.15) is 18.6 Å². The maximum Gasteiger partial charge on any atom is 0.153 e. The van der Waals surface area contributed by atoms with Gasteiger partial charge in [-0.15, -0.1) is 0 Å². The Morgan fingerprint density at radius 2 is 2.27 bits per heavy atom. The fourth-order valence-corrected chi connectivity index (χ4v) is 1.17. The first-order chi connectivity index (χ1) is 7.40. The molecule has 0 unspecified atom stereocenters. The van der Waals surface area contributed by atoms with E-state index >= 15 is 0 Å². The van der Waals surface area contributed by atoms with Crippen LogP contribution in [0, 0.1) is 0 Å². The summed E-state index contributed by atoms with van der Waals surface area (Å²) in [5.41, 5.74) is 1.37. The van der Waals surface area contributed by atoms with Crippen LogP contribution in [0.5, 0.6) is 5.75 Å². The zero-order valence-corrected chi connectivity index (χ0v) is 7.92. The molecule has 1 heterocycles. The van der Waals surface area contributed by atoms with Gasteiger partial charge in [-0.25, -0.2) is 0 Å². The summed E-state index contributed by atoms with van der Waals surface area (Å²) in [6.45, 7) is 0.342. The van der Waals surface area contributed by atoms with Crippen molar-refractivity contribution >= 4 is 6.29 Å². The number of carbonyl (C=O) groups is 1. The van der Waals surface area contributed by atoms with Crippen LogP contribution in [-0.4, -0.2) is 11.4 Å². The molecule has 1 aromatic heterocycles. The van der Waals surface area contributed by atoms with Crippen LogP contribution >= 0.6 is 0 Å². The standard InChI is InChI=1S/C11H9NO3/c13-6-10-3-1-2-4-11(10)14-7-9-5-12-15-8-9/h1-6,8H,7H2. The van der Waals surface area contributed by atoms with Gasteiger partial charge in [-0.2, -0.15) is 0 Å². The Labute approximate surface area is 86.5 Å². The molecular formula is C11H9NO3. The summed E-state index contributed by atoms with van der Waals surface area (Å²) >= 11 is 0. The molecule has 4 heteroatoms. The van der Waals surface area contributed by atoms with Gasteiger partial charge in [0.15, 0.2) is 6.29 Å². The maximum absolute atomic E-state index is 10.7. The van der Waals surface area contributed by atoms with Crippen molar-refractivity contribution in [2.75, 3.05) is 0 Å². The Balaban J connectivity index is 2.07. The lowest BCUT2D eigenvalue weighted by atomic mass is 10.2. The first-order valence-electron chi connectivity index (χ1n) is 4.45. The molecule has 0 spiro atoms. The number of ether oxygens (including phenoxy) is 1. The van der Waals surface area contributed by atoms with Crippen molar-refractivity contribution < 1.29 is 14.1 Å². The number of hydrogen-bond donors (Lipinski definition) is 0. The second-order valence-corrected chi connectivity index (χ2v) is 2.98. The van der Waals surface area contributed by atoms with Gasteiger partial charge in [-0.05, 0) is 12.1 Å². The second-order valence-electron chi connectivity index (χ2n) is 2.98. The second kappa shape index (κ2) is 4.41. The van der Waals surface area contributed by atoms with E-state index in [1.807, 2.05) is 6.07 Å². The first kappa shape index (κ1) is 9.45. The Kier molecular flexibility index (Phi) is 2.78. The topological polar surface area (TPSA) is 52.3 Å². The van der Waals surface area contributed by atoms with Crippen LogP contribution in [0.4, 0.5) is 0 Å².